The lowest BCUT2D eigenvalue weighted by Crippen LogP contribution is -2.32. The molecule has 0 saturated carbocycles. The van der Waals surface area contributed by atoms with Gasteiger partial charge < -0.3 is 10.1 Å². The number of carbonyl (C=O) groups is 1. The van der Waals surface area contributed by atoms with Gasteiger partial charge in [0.25, 0.3) is 0 Å². The van der Waals surface area contributed by atoms with Crippen LogP contribution in [0.3, 0.4) is 0 Å². The van der Waals surface area contributed by atoms with Crippen LogP contribution < -0.4 is 5.32 Å². The quantitative estimate of drug-likeness (QED) is 0.801. The highest BCUT2D eigenvalue weighted by molar-refractivity contribution is 7.99. The maximum absolute atomic E-state index is 12.0. The van der Waals surface area contributed by atoms with E-state index in [2.05, 4.69) is 26.9 Å². The van der Waals surface area contributed by atoms with E-state index in [1.807, 2.05) is 26.0 Å². The molecule has 0 radical (unpaired) electrons. The number of benzene rings is 1. The van der Waals surface area contributed by atoms with Crippen molar-refractivity contribution in [2.24, 2.45) is 0 Å². The summed E-state index contributed by atoms with van der Waals surface area (Å²) in [6, 6.07) is 6.09. The van der Waals surface area contributed by atoms with Gasteiger partial charge in [0.2, 0.25) is 11.1 Å². The molecule has 1 aromatic carbocycles. The number of hydrogen-bond acceptors (Lipinski definition) is 6. The van der Waals surface area contributed by atoms with Crippen molar-refractivity contribution in [3.05, 3.63) is 29.3 Å². The summed E-state index contributed by atoms with van der Waals surface area (Å²) in [4.78, 5) is 12.0. The first kappa shape index (κ1) is 16.9. The number of carbonyl (C=O) groups excluding carboxylic acids is 1. The smallest absolute Gasteiger partial charge is 0.230 e. The second-order valence-corrected chi connectivity index (χ2v) is 6.83. The van der Waals surface area contributed by atoms with Gasteiger partial charge in [-0.2, -0.15) is 4.68 Å². The molecule has 24 heavy (non-hydrogen) atoms. The lowest BCUT2D eigenvalue weighted by Gasteiger charge is -2.11. The molecule has 1 unspecified atom stereocenters. The number of rotatable bonds is 6. The van der Waals surface area contributed by atoms with Crippen molar-refractivity contribution in [1.29, 1.82) is 0 Å². The molecule has 1 N–H and O–H groups in total. The number of aryl methyl sites for hydroxylation is 2. The van der Waals surface area contributed by atoms with E-state index in [-0.39, 0.29) is 17.8 Å². The molecule has 3 rings (SSSR count). The van der Waals surface area contributed by atoms with E-state index in [1.54, 1.807) is 4.68 Å². The Morgan fingerprint density at radius 3 is 3.08 bits per heavy atom. The van der Waals surface area contributed by atoms with Gasteiger partial charge >= 0.3 is 0 Å². The molecule has 8 heteroatoms. The first-order valence-corrected chi connectivity index (χ1v) is 8.99. The van der Waals surface area contributed by atoms with Crippen LogP contribution in [0.15, 0.2) is 23.4 Å². The molecule has 0 bridgehead atoms. The van der Waals surface area contributed by atoms with Crippen LogP contribution in [-0.4, -0.2) is 51.1 Å². The van der Waals surface area contributed by atoms with Crippen LogP contribution in [0.5, 0.6) is 0 Å². The van der Waals surface area contributed by atoms with E-state index in [1.165, 1.54) is 17.3 Å². The minimum absolute atomic E-state index is 0.0364. The zero-order chi connectivity index (χ0) is 16.9. The van der Waals surface area contributed by atoms with Gasteiger partial charge in [-0.3, -0.25) is 4.79 Å². The summed E-state index contributed by atoms with van der Waals surface area (Å²) >= 11 is 1.33. The van der Waals surface area contributed by atoms with E-state index < -0.39 is 0 Å². The number of tetrazole rings is 1. The molecule has 1 atom stereocenters. The van der Waals surface area contributed by atoms with Gasteiger partial charge in [0.15, 0.2) is 0 Å². The third kappa shape index (κ3) is 4.12. The largest absolute Gasteiger partial charge is 0.376 e. The molecule has 1 amide bonds. The Morgan fingerprint density at radius 1 is 1.46 bits per heavy atom. The summed E-state index contributed by atoms with van der Waals surface area (Å²) in [5.74, 6) is 0.239. The van der Waals surface area contributed by atoms with Crippen LogP contribution in [0.1, 0.15) is 24.0 Å². The van der Waals surface area contributed by atoms with Gasteiger partial charge in [-0.15, -0.1) is 5.10 Å². The molecule has 0 spiro atoms. The van der Waals surface area contributed by atoms with Crippen molar-refractivity contribution < 1.29 is 9.53 Å². The second-order valence-electron chi connectivity index (χ2n) is 5.89. The first-order chi connectivity index (χ1) is 11.6. The molecule has 2 aromatic rings. The Kier molecular flexibility index (Phi) is 5.47. The SMILES string of the molecule is Cc1ccc(-n2nnnc2SCC(=O)NCC2CCCO2)c(C)c1. The van der Waals surface area contributed by atoms with Crippen LogP contribution in [-0.2, 0) is 9.53 Å². The molecule has 2 heterocycles. The molecular weight excluding hydrogens is 326 g/mol. The first-order valence-electron chi connectivity index (χ1n) is 8.00. The number of aromatic nitrogens is 4. The summed E-state index contributed by atoms with van der Waals surface area (Å²) in [7, 11) is 0. The molecule has 1 aliphatic rings. The maximum atomic E-state index is 12.0. The number of nitrogens with zero attached hydrogens (tertiary/aromatic N) is 4. The van der Waals surface area contributed by atoms with Crippen LogP contribution in [0, 0.1) is 13.8 Å². The van der Waals surface area contributed by atoms with Gasteiger partial charge in [-0.05, 0) is 48.7 Å². The highest BCUT2D eigenvalue weighted by Gasteiger charge is 2.17. The fourth-order valence-electron chi connectivity index (χ4n) is 2.68. The Labute approximate surface area is 145 Å². The average Bonchev–Trinajstić information content (AvgIpc) is 3.22. The summed E-state index contributed by atoms with van der Waals surface area (Å²) in [5, 5.41) is 15.3. The third-order valence-electron chi connectivity index (χ3n) is 3.90. The Balaban J connectivity index is 1.58. The van der Waals surface area contributed by atoms with Crippen molar-refractivity contribution in [1.82, 2.24) is 25.5 Å². The molecule has 7 nitrogen and oxygen atoms in total. The Morgan fingerprint density at radius 2 is 2.33 bits per heavy atom. The number of thioether (sulfide) groups is 1. The van der Waals surface area contributed by atoms with E-state index in [4.69, 9.17) is 4.74 Å². The molecule has 0 aliphatic carbocycles. The van der Waals surface area contributed by atoms with Crippen molar-refractivity contribution in [2.45, 2.75) is 37.9 Å². The zero-order valence-corrected chi connectivity index (χ0v) is 14.7. The molecule has 1 aliphatic heterocycles. The fraction of sp³-hybridized carbons (Fsp3) is 0.500. The number of ether oxygens (including phenoxy) is 1. The topological polar surface area (TPSA) is 81.9 Å². The monoisotopic (exact) mass is 347 g/mol. The Hall–Kier alpha value is -1.93. The summed E-state index contributed by atoms with van der Waals surface area (Å²) < 4.78 is 7.17. The number of amides is 1. The lowest BCUT2D eigenvalue weighted by molar-refractivity contribution is -0.119. The molecule has 128 valence electrons. The lowest BCUT2D eigenvalue weighted by atomic mass is 10.1. The standard InChI is InChI=1S/C16H21N5O2S/c1-11-5-6-14(12(2)8-11)21-16(18-19-20-21)24-10-15(22)17-9-13-4-3-7-23-13/h5-6,8,13H,3-4,7,9-10H2,1-2H3,(H,17,22). The van der Waals surface area contributed by atoms with Crippen LogP contribution >= 0.6 is 11.8 Å². The van der Waals surface area contributed by atoms with E-state index in [9.17, 15) is 4.79 Å². The second kappa shape index (κ2) is 7.76. The van der Waals surface area contributed by atoms with E-state index in [0.29, 0.717) is 11.7 Å². The maximum Gasteiger partial charge on any atom is 0.230 e. The summed E-state index contributed by atoms with van der Waals surface area (Å²) in [5.41, 5.74) is 3.20. The van der Waals surface area contributed by atoms with Crippen molar-refractivity contribution >= 4 is 17.7 Å². The third-order valence-corrected chi connectivity index (χ3v) is 4.82. The minimum Gasteiger partial charge on any atom is -0.376 e. The Bertz CT molecular complexity index is 712. The van der Waals surface area contributed by atoms with Crippen molar-refractivity contribution in [2.75, 3.05) is 18.9 Å². The zero-order valence-electron chi connectivity index (χ0n) is 13.9. The number of hydrogen-bond donors (Lipinski definition) is 1. The van der Waals surface area contributed by atoms with Gasteiger partial charge in [-0.1, -0.05) is 29.5 Å². The van der Waals surface area contributed by atoms with Crippen molar-refractivity contribution in [3.63, 3.8) is 0 Å². The van der Waals surface area contributed by atoms with E-state index >= 15 is 0 Å². The molecule has 1 fully saturated rings. The molecular formula is C16H21N5O2S. The summed E-state index contributed by atoms with van der Waals surface area (Å²) in [6.07, 6.45) is 2.23. The summed E-state index contributed by atoms with van der Waals surface area (Å²) in [6.45, 7) is 5.43. The van der Waals surface area contributed by atoms with Crippen LogP contribution in [0.25, 0.3) is 5.69 Å². The van der Waals surface area contributed by atoms with Gasteiger partial charge in [-0.25, -0.2) is 0 Å². The number of nitrogens with one attached hydrogen (secondary N) is 1. The van der Waals surface area contributed by atoms with Crippen molar-refractivity contribution in [3.8, 4) is 5.69 Å². The fourth-order valence-corrected chi connectivity index (χ4v) is 3.39. The highest BCUT2D eigenvalue weighted by atomic mass is 32.2. The molecule has 1 saturated heterocycles. The van der Waals surface area contributed by atoms with Gasteiger partial charge in [0.1, 0.15) is 0 Å². The van der Waals surface area contributed by atoms with Gasteiger partial charge in [0.05, 0.1) is 17.5 Å². The minimum atomic E-state index is -0.0364. The molecule has 1 aromatic heterocycles. The predicted octanol–water partition coefficient (Wildman–Crippen LogP) is 1.67. The highest BCUT2D eigenvalue weighted by Crippen LogP contribution is 2.21. The average molecular weight is 347 g/mol. The predicted molar refractivity (Wildman–Crippen MR) is 91.3 cm³/mol. The van der Waals surface area contributed by atoms with Gasteiger partial charge in [0, 0.05) is 13.2 Å². The van der Waals surface area contributed by atoms with E-state index in [0.717, 1.165) is 30.7 Å². The van der Waals surface area contributed by atoms with Crippen LogP contribution in [0.4, 0.5) is 0 Å². The normalized spacial score (nSPS) is 17.2. The van der Waals surface area contributed by atoms with Crippen LogP contribution in [0.2, 0.25) is 0 Å².